The summed E-state index contributed by atoms with van der Waals surface area (Å²) in [6, 6.07) is 4.01. The Morgan fingerprint density at radius 3 is 2.53 bits per heavy atom. The van der Waals surface area contributed by atoms with Gasteiger partial charge in [0.05, 0.1) is 10.5 Å². The van der Waals surface area contributed by atoms with Crippen molar-refractivity contribution in [1.29, 1.82) is 0 Å². The Morgan fingerprint density at radius 2 is 2.07 bits per heavy atom. The lowest BCUT2D eigenvalue weighted by molar-refractivity contribution is -0.385. The van der Waals surface area contributed by atoms with Gasteiger partial charge in [-0.3, -0.25) is 14.9 Å². The summed E-state index contributed by atoms with van der Waals surface area (Å²) in [5.74, 6) is -0.556. The first-order valence-corrected chi connectivity index (χ1v) is 4.51. The van der Waals surface area contributed by atoms with Gasteiger partial charge in [0, 0.05) is 17.7 Å². The maximum Gasteiger partial charge on any atom is 0.280 e. The molecule has 0 fully saturated rings. The van der Waals surface area contributed by atoms with E-state index in [1.54, 1.807) is 13.8 Å². The lowest BCUT2D eigenvalue weighted by Crippen LogP contribution is -2.10. The Kier molecular flexibility index (Phi) is 3.04. The van der Waals surface area contributed by atoms with Crippen molar-refractivity contribution >= 4 is 17.2 Å². The number of carbonyl (C=O) groups is 1. The third-order valence-electron chi connectivity index (χ3n) is 2.01. The lowest BCUT2D eigenvalue weighted by Gasteiger charge is -2.05. The highest BCUT2D eigenvalue weighted by Gasteiger charge is 2.21. The Morgan fingerprint density at radius 1 is 1.47 bits per heavy atom. The molecule has 5 heteroatoms. The monoisotopic (exact) mass is 208 g/mol. The topological polar surface area (TPSA) is 86.2 Å². The second-order valence-corrected chi connectivity index (χ2v) is 3.55. The predicted octanol–water partition coefficient (Wildman–Crippen LogP) is 2.02. The number of anilines is 1. The molecule has 0 atom stereocenters. The summed E-state index contributed by atoms with van der Waals surface area (Å²) in [6.07, 6.45) is 0. The molecule has 1 rings (SSSR count). The van der Waals surface area contributed by atoms with Crippen LogP contribution in [0.5, 0.6) is 0 Å². The van der Waals surface area contributed by atoms with Gasteiger partial charge in [0.15, 0.2) is 5.78 Å². The molecule has 0 aromatic heterocycles. The Balaban J connectivity index is 3.30. The van der Waals surface area contributed by atoms with Crippen LogP contribution in [0.3, 0.4) is 0 Å². The fourth-order valence-electron chi connectivity index (χ4n) is 1.22. The molecule has 2 N–H and O–H groups in total. The maximum atomic E-state index is 11.7. The minimum Gasteiger partial charge on any atom is -0.399 e. The van der Waals surface area contributed by atoms with Crippen molar-refractivity contribution in [3.63, 3.8) is 0 Å². The number of benzene rings is 1. The SMILES string of the molecule is CC(C)C(=O)c1cc(N)ccc1[N+](=O)[O-]. The Hall–Kier alpha value is -1.91. The second-order valence-electron chi connectivity index (χ2n) is 3.55. The van der Waals surface area contributed by atoms with Crippen molar-refractivity contribution in [3.8, 4) is 0 Å². The normalized spacial score (nSPS) is 10.3. The number of carbonyl (C=O) groups excluding carboxylic acids is 1. The summed E-state index contributed by atoms with van der Waals surface area (Å²) in [4.78, 5) is 21.8. The quantitative estimate of drug-likeness (QED) is 0.356. The summed E-state index contributed by atoms with van der Waals surface area (Å²) < 4.78 is 0. The summed E-state index contributed by atoms with van der Waals surface area (Å²) in [7, 11) is 0. The van der Waals surface area contributed by atoms with Gasteiger partial charge in [0.1, 0.15) is 0 Å². The van der Waals surface area contributed by atoms with Crippen LogP contribution >= 0.6 is 0 Å². The van der Waals surface area contributed by atoms with Crippen molar-refractivity contribution in [2.45, 2.75) is 13.8 Å². The van der Waals surface area contributed by atoms with E-state index >= 15 is 0 Å². The number of nitro benzene ring substituents is 1. The molecular weight excluding hydrogens is 196 g/mol. The second kappa shape index (κ2) is 4.08. The summed E-state index contributed by atoms with van der Waals surface area (Å²) in [6.45, 7) is 3.38. The van der Waals surface area contributed by atoms with Crippen LogP contribution in [-0.4, -0.2) is 10.7 Å². The Bertz CT molecular complexity index is 413. The molecule has 0 heterocycles. The van der Waals surface area contributed by atoms with Gasteiger partial charge in [-0.15, -0.1) is 0 Å². The van der Waals surface area contributed by atoms with E-state index < -0.39 is 4.92 Å². The molecule has 0 aliphatic heterocycles. The fraction of sp³-hybridized carbons (Fsp3) is 0.300. The third-order valence-corrected chi connectivity index (χ3v) is 2.01. The molecule has 0 radical (unpaired) electrons. The predicted molar refractivity (Wildman–Crippen MR) is 56.7 cm³/mol. The smallest absolute Gasteiger partial charge is 0.280 e. The minimum absolute atomic E-state index is 0.0787. The average molecular weight is 208 g/mol. The van der Waals surface area contributed by atoms with Gasteiger partial charge in [0.2, 0.25) is 0 Å². The lowest BCUT2D eigenvalue weighted by atomic mass is 9.99. The average Bonchev–Trinajstić information content (AvgIpc) is 2.15. The van der Waals surface area contributed by atoms with Crippen LogP contribution in [0.25, 0.3) is 0 Å². The molecule has 0 saturated heterocycles. The van der Waals surface area contributed by atoms with Crippen LogP contribution in [0.2, 0.25) is 0 Å². The van der Waals surface area contributed by atoms with Gasteiger partial charge in [0.25, 0.3) is 5.69 Å². The van der Waals surface area contributed by atoms with E-state index in [-0.39, 0.29) is 23.0 Å². The van der Waals surface area contributed by atoms with Gasteiger partial charge in [-0.1, -0.05) is 13.8 Å². The largest absolute Gasteiger partial charge is 0.399 e. The molecule has 0 aliphatic rings. The van der Waals surface area contributed by atoms with Crippen molar-refractivity contribution in [2.75, 3.05) is 5.73 Å². The number of nitro groups is 1. The van der Waals surface area contributed by atoms with Crippen LogP contribution in [0.1, 0.15) is 24.2 Å². The first-order chi connectivity index (χ1) is 6.93. The van der Waals surface area contributed by atoms with E-state index in [1.807, 2.05) is 0 Å². The number of nitrogens with two attached hydrogens (primary N) is 1. The molecular formula is C10H12N2O3. The van der Waals surface area contributed by atoms with Crippen molar-refractivity contribution < 1.29 is 9.72 Å². The molecule has 0 spiro atoms. The molecule has 0 bridgehead atoms. The first kappa shape index (κ1) is 11.2. The fourth-order valence-corrected chi connectivity index (χ4v) is 1.22. The van der Waals surface area contributed by atoms with Gasteiger partial charge >= 0.3 is 0 Å². The van der Waals surface area contributed by atoms with E-state index in [1.165, 1.54) is 18.2 Å². The minimum atomic E-state index is -0.574. The third kappa shape index (κ3) is 2.31. The van der Waals surface area contributed by atoms with Gasteiger partial charge in [-0.2, -0.15) is 0 Å². The van der Waals surface area contributed by atoms with E-state index in [4.69, 9.17) is 5.73 Å². The van der Waals surface area contributed by atoms with E-state index in [9.17, 15) is 14.9 Å². The van der Waals surface area contributed by atoms with Crippen molar-refractivity contribution in [3.05, 3.63) is 33.9 Å². The highest BCUT2D eigenvalue weighted by molar-refractivity contribution is 6.01. The van der Waals surface area contributed by atoms with E-state index in [0.717, 1.165) is 0 Å². The van der Waals surface area contributed by atoms with Crippen molar-refractivity contribution in [1.82, 2.24) is 0 Å². The van der Waals surface area contributed by atoms with Gasteiger partial charge < -0.3 is 5.73 Å². The van der Waals surface area contributed by atoms with Gasteiger partial charge in [-0.05, 0) is 12.1 Å². The van der Waals surface area contributed by atoms with Crippen LogP contribution in [0, 0.1) is 16.0 Å². The molecule has 15 heavy (non-hydrogen) atoms. The number of hydrogen-bond donors (Lipinski definition) is 1. The molecule has 0 unspecified atom stereocenters. The standard InChI is InChI=1S/C10H12N2O3/c1-6(2)10(13)8-5-7(11)3-4-9(8)12(14)15/h3-6H,11H2,1-2H3. The van der Waals surface area contributed by atoms with Crippen molar-refractivity contribution in [2.24, 2.45) is 5.92 Å². The molecule has 0 aliphatic carbocycles. The molecule has 1 aromatic rings. The number of Topliss-reactive ketones (excluding diaryl/α,β-unsaturated/α-hetero) is 1. The zero-order chi connectivity index (χ0) is 11.6. The van der Waals surface area contributed by atoms with Crippen LogP contribution in [0.15, 0.2) is 18.2 Å². The number of nitrogen functional groups attached to an aromatic ring is 1. The molecule has 80 valence electrons. The van der Waals surface area contributed by atoms with Crippen LogP contribution in [-0.2, 0) is 0 Å². The highest BCUT2D eigenvalue weighted by Crippen LogP contribution is 2.23. The zero-order valence-corrected chi connectivity index (χ0v) is 8.56. The molecule has 0 saturated carbocycles. The zero-order valence-electron chi connectivity index (χ0n) is 8.56. The highest BCUT2D eigenvalue weighted by atomic mass is 16.6. The maximum absolute atomic E-state index is 11.7. The Labute approximate surface area is 87.0 Å². The van der Waals surface area contributed by atoms with E-state index in [0.29, 0.717) is 5.69 Å². The number of ketones is 1. The van der Waals surface area contributed by atoms with Crippen LogP contribution < -0.4 is 5.73 Å². The number of rotatable bonds is 3. The molecule has 5 nitrogen and oxygen atoms in total. The van der Waals surface area contributed by atoms with E-state index in [2.05, 4.69) is 0 Å². The number of nitrogens with zero attached hydrogens (tertiary/aromatic N) is 1. The number of hydrogen-bond acceptors (Lipinski definition) is 4. The summed E-state index contributed by atoms with van der Waals surface area (Å²) in [5, 5.41) is 10.7. The first-order valence-electron chi connectivity index (χ1n) is 4.51. The van der Waals surface area contributed by atoms with Gasteiger partial charge in [-0.25, -0.2) is 0 Å². The molecule has 1 aromatic carbocycles. The molecule has 0 amide bonds. The summed E-state index contributed by atoms with van der Waals surface area (Å²) in [5.41, 5.74) is 5.73. The summed E-state index contributed by atoms with van der Waals surface area (Å²) >= 11 is 0. The van der Waals surface area contributed by atoms with Crippen LogP contribution in [0.4, 0.5) is 11.4 Å².